The molecule has 0 bridgehead atoms. The summed E-state index contributed by atoms with van der Waals surface area (Å²) < 4.78 is 13.2. The molecule has 0 saturated carbocycles. The zero-order chi connectivity index (χ0) is 18.8. The van der Waals surface area contributed by atoms with Crippen LogP contribution in [0, 0.1) is 17.1 Å². The normalized spacial score (nSPS) is 16.2. The van der Waals surface area contributed by atoms with E-state index in [1.165, 1.54) is 12.1 Å². The molecule has 0 spiro atoms. The van der Waals surface area contributed by atoms with E-state index in [2.05, 4.69) is 6.07 Å². The number of carbonyl (C=O) groups is 1. The predicted molar refractivity (Wildman–Crippen MR) is 97.1 cm³/mol. The molecule has 1 N–H and O–H groups in total. The van der Waals surface area contributed by atoms with Gasteiger partial charge >= 0.3 is 5.97 Å². The van der Waals surface area contributed by atoms with Crippen LogP contribution in [0.5, 0.6) is 0 Å². The molecule has 2 aromatic carbocycles. The van der Waals surface area contributed by atoms with Gasteiger partial charge in [0.25, 0.3) is 0 Å². The van der Waals surface area contributed by atoms with E-state index in [1.807, 2.05) is 24.8 Å². The molecular weight excluding hydrogens is 331 g/mol. The first-order valence-corrected chi connectivity index (χ1v) is 8.48. The van der Waals surface area contributed by atoms with E-state index in [-0.39, 0.29) is 11.7 Å². The van der Waals surface area contributed by atoms with Crippen LogP contribution in [0.1, 0.15) is 42.9 Å². The largest absolute Gasteiger partial charge is 0.478 e. The molecule has 0 aromatic heterocycles. The van der Waals surface area contributed by atoms with Crippen LogP contribution < -0.4 is 4.90 Å². The smallest absolute Gasteiger partial charge is 0.333 e. The highest BCUT2D eigenvalue weighted by Crippen LogP contribution is 2.43. The lowest BCUT2D eigenvalue weighted by Gasteiger charge is -2.37. The first-order chi connectivity index (χ1) is 12.5. The first kappa shape index (κ1) is 17.7. The van der Waals surface area contributed by atoms with Gasteiger partial charge < -0.3 is 10.0 Å². The number of anilines is 1. The number of hydrogen-bond donors (Lipinski definition) is 1. The number of rotatable bonds is 4. The Hall–Kier alpha value is -3.13. The summed E-state index contributed by atoms with van der Waals surface area (Å²) in [5, 5.41) is 19.0. The zero-order valence-electron chi connectivity index (χ0n) is 14.7. The Balaban J connectivity index is 2.17. The lowest BCUT2D eigenvalue weighted by atomic mass is 9.84. The fraction of sp³-hybridized carbons (Fsp3) is 0.238. The number of fused-ring (bicyclic) bond motifs is 1. The average Bonchev–Trinajstić information content (AvgIpc) is 2.64. The van der Waals surface area contributed by atoms with E-state index in [1.54, 1.807) is 24.3 Å². The van der Waals surface area contributed by atoms with Gasteiger partial charge in [0, 0.05) is 23.8 Å². The molecule has 0 saturated heterocycles. The van der Waals surface area contributed by atoms with Crippen LogP contribution in [-0.4, -0.2) is 11.1 Å². The summed E-state index contributed by atoms with van der Waals surface area (Å²) in [6.45, 7) is 4.20. The average molecular weight is 350 g/mol. The summed E-state index contributed by atoms with van der Waals surface area (Å²) in [5.74, 6) is -1.52. The molecule has 4 nitrogen and oxygen atoms in total. The van der Waals surface area contributed by atoms with Crippen molar-refractivity contribution in [1.82, 2.24) is 0 Å². The second-order valence-corrected chi connectivity index (χ2v) is 6.34. The van der Waals surface area contributed by atoms with Gasteiger partial charge in [-0.05, 0) is 41.8 Å². The number of nitrogens with zero attached hydrogens (tertiary/aromatic N) is 2. The van der Waals surface area contributed by atoms with Crippen LogP contribution in [0.4, 0.5) is 10.1 Å². The quantitative estimate of drug-likeness (QED) is 0.877. The minimum absolute atomic E-state index is 0.269. The van der Waals surface area contributed by atoms with Gasteiger partial charge in [-0.1, -0.05) is 32.0 Å². The maximum absolute atomic E-state index is 13.2. The Bertz CT molecular complexity index is 926. The highest BCUT2D eigenvalue weighted by molar-refractivity contribution is 5.92. The van der Waals surface area contributed by atoms with Crippen molar-refractivity contribution in [2.24, 2.45) is 0 Å². The van der Waals surface area contributed by atoms with Gasteiger partial charge in [0.05, 0.1) is 17.2 Å². The van der Waals surface area contributed by atoms with Crippen LogP contribution in [0.15, 0.2) is 53.7 Å². The van der Waals surface area contributed by atoms with Gasteiger partial charge in [0.15, 0.2) is 0 Å². The van der Waals surface area contributed by atoms with Crippen molar-refractivity contribution in [3.05, 3.63) is 76.2 Å². The number of hydrogen-bond acceptors (Lipinski definition) is 3. The third kappa shape index (κ3) is 3.06. The van der Waals surface area contributed by atoms with Gasteiger partial charge in [-0.3, -0.25) is 0 Å². The van der Waals surface area contributed by atoms with Crippen molar-refractivity contribution in [1.29, 1.82) is 5.26 Å². The summed E-state index contributed by atoms with van der Waals surface area (Å²) in [4.78, 5) is 13.9. The molecule has 0 radical (unpaired) electrons. The monoisotopic (exact) mass is 350 g/mol. The molecule has 1 aliphatic rings. The Morgan fingerprint density at radius 3 is 2.54 bits per heavy atom. The van der Waals surface area contributed by atoms with Gasteiger partial charge in [-0.25, -0.2) is 9.18 Å². The van der Waals surface area contributed by atoms with Crippen molar-refractivity contribution in [3.8, 4) is 6.07 Å². The van der Waals surface area contributed by atoms with Crippen molar-refractivity contribution in [2.45, 2.75) is 32.7 Å². The number of allylic oxidation sites excluding steroid dienone is 1. The van der Waals surface area contributed by atoms with Crippen molar-refractivity contribution < 1.29 is 14.3 Å². The summed E-state index contributed by atoms with van der Waals surface area (Å²) >= 11 is 0. The molecule has 0 aliphatic carbocycles. The molecule has 1 unspecified atom stereocenters. The van der Waals surface area contributed by atoms with Gasteiger partial charge in [-0.15, -0.1) is 0 Å². The summed E-state index contributed by atoms with van der Waals surface area (Å²) in [6.07, 6.45) is 0.545. The Kier molecular flexibility index (Phi) is 4.77. The fourth-order valence-corrected chi connectivity index (χ4v) is 3.55. The first-order valence-electron chi connectivity index (χ1n) is 8.48. The maximum Gasteiger partial charge on any atom is 0.333 e. The number of halogens is 1. The van der Waals surface area contributed by atoms with Gasteiger partial charge in [0.1, 0.15) is 5.82 Å². The van der Waals surface area contributed by atoms with Crippen LogP contribution in [-0.2, 0) is 11.3 Å². The van der Waals surface area contributed by atoms with E-state index in [0.717, 1.165) is 22.5 Å². The SMILES string of the molecule is CCC1=C(C(=O)O)C(C)c2ccc(C#N)cc2N1Cc1ccc(F)cc1. The highest BCUT2D eigenvalue weighted by Gasteiger charge is 2.33. The third-order valence-corrected chi connectivity index (χ3v) is 4.81. The second kappa shape index (κ2) is 7.01. The second-order valence-electron chi connectivity index (χ2n) is 6.34. The minimum Gasteiger partial charge on any atom is -0.478 e. The molecular formula is C21H19FN2O2. The lowest BCUT2D eigenvalue weighted by molar-refractivity contribution is -0.133. The predicted octanol–water partition coefficient (Wildman–Crippen LogP) is 4.57. The van der Waals surface area contributed by atoms with Crippen LogP contribution in [0.2, 0.25) is 0 Å². The Morgan fingerprint density at radius 2 is 1.96 bits per heavy atom. The maximum atomic E-state index is 13.2. The van der Waals surface area contributed by atoms with E-state index in [4.69, 9.17) is 0 Å². The minimum atomic E-state index is -0.937. The fourth-order valence-electron chi connectivity index (χ4n) is 3.55. The number of carboxylic acid groups (broad SMARTS) is 1. The summed E-state index contributed by atoms with van der Waals surface area (Å²) in [5.41, 5.74) is 4.19. The Morgan fingerprint density at radius 1 is 1.27 bits per heavy atom. The standard InChI is InChI=1S/C21H19FN2O2/c1-3-18-20(21(25)26)13(2)17-9-6-15(11-23)10-19(17)24(18)12-14-4-7-16(22)8-5-14/h4-10,13H,3,12H2,1-2H3,(H,25,26). The number of nitriles is 1. The molecule has 2 aromatic rings. The molecule has 0 fully saturated rings. The third-order valence-electron chi connectivity index (χ3n) is 4.81. The molecule has 132 valence electrons. The van der Waals surface area contributed by atoms with E-state index in [0.29, 0.717) is 24.1 Å². The van der Waals surface area contributed by atoms with Gasteiger partial charge in [0.2, 0.25) is 0 Å². The summed E-state index contributed by atoms with van der Waals surface area (Å²) in [6, 6.07) is 13.6. The van der Waals surface area contributed by atoms with Crippen molar-refractivity contribution in [3.63, 3.8) is 0 Å². The van der Waals surface area contributed by atoms with E-state index < -0.39 is 5.97 Å². The van der Waals surface area contributed by atoms with E-state index in [9.17, 15) is 19.6 Å². The van der Waals surface area contributed by atoms with Gasteiger partial charge in [-0.2, -0.15) is 5.26 Å². The molecule has 26 heavy (non-hydrogen) atoms. The number of benzene rings is 2. The lowest BCUT2D eigenvalue weighted by Crippen LogP contribution is -2.31. The summed E-state index contributed by atoms with van der Waals surface area (Å²) in [7, 11) is 0. The van der Waals surface area contributed by atoms with Crippen LogP contribution in [0.25, 0.3) is 0 Å². The molecule has 0 amide bonds. The van der Waals surface area contributed by atoms with Crippen molar-refractivity contribution >= 4 is 11.7 Å². The molecule has 1 aliphatic heterocycles. The number of carboxylic acids is 1. The Labute approximate surface area is 151 Å². The molecule has 3 rings (SSSR count). The van der Waals surface area contributed by atoms with Crippen LogP contribution >= 0.6 is 0 Å². The topological polar surface area (TPSA) is 64.3 Å². The number of aliphatic carboxylic acids is 1. The molecule has 5 heteroatoms. The highest BCUT2D eigenvalue weighted by atomic mass is 19.1. The molecule has 1 heterocycles. The zero-order valence-corrected chi connectivity index (χ0v) is 14.7. The van der Waals surface area contributed by atoms with E-state index >= 15 is 0 Å². The molecule has 1 atom stereocenters. The van der Waals surface area contributed by atoms with Crippen molar-refractivity contribution in [2.75, 3.05) is 4.90 Å². The van der Waals surface area contributed by atoms with Crippen LogP contribution in [0.3, 0.4) is 0 Å².